The second kappa shape index (κ2) is 5.27. The summed E-state index contributed by atoms with van der Waals surface area (Å²) in [4.78, 5) is 5.75. The highest BCUT2D eigenvalue weighted by atomic mass is 32.1. The van der Waals surface area contributed by atoms with E-state index in [0.717, 1.165) is 23.7 Å². The summed E-state index contributed by atoms with van der Waals surface area (Å²) in [5.74, 6) is 0.958. The minimum atomic E-state index is 0.274. The summed E-state index contributed by atoms with van der Waals surface area (Å²) in [6.45, 7) is 5.02. The number of hydrogen-bond donors (Lipinski definition) is 1. The largest absolute Gasteiger partial charge is 0.468 e. The summed E-state index contributed by atoms with van der Waals surface area (Å²) in [7, 11) is 0. The fraction of sp³-hybridized carbons (Fsp3) is 0.417. The second-order valence-electron chi connectivity index (χ2n) is 3.70. The molecule has 0 saturated carbocycles. The quantitative estimate of drug-likeness (QED) is 0.866. The Hall–Kier alpha value is -1.13. The number of hydrogen-bond acceptors (Lipinski definition) is 4. The lowest BCUT2D eigenvalue weighted by Crippen LogP contribution is -2.17. The maximum atomic E-state index is 5.27. The van der Waals surface area contributed by atoms with Crippen LogP contribution in [0.15, 0.2) is 29.0 Å². The Bertz CT molecular complexity index is 422. The van der Waals surface area contributed by atoms with E-state index in [2.05, 4.69) is 24.1 Å². The van der Waals surface area contributed by atoms with E-state index < -0.39 is 0 Å². The van der Waals surface area contributed by atoms with E-state index in [1.807, 2.05) is 18.3 Å². The number of furan rings is 1. The SMILES string of the molecule is CCc1cnc(C(C)NCc2ccco2)s1. The maximum Gasteiger partial charge on any atom is 0.117 e. The highest BCUT2D eigenvalue weighted by Gasteiger charge is 2.09. The molecule has 4 heteroatoms. The van der Waals surface area contributed by atoms with Gasteiger partial charge in [-0.3, -0.25) is 0 Å². The second-order valence-corrected chi connectivity index (χ2v) is 4.85. The summed E-state index contributed by atoms with van der Waals surface area (Å²) in [6, 6.07) is 4.15. The van der Waals surface area contributed by atoms with Gasteiger partial charge >= 0.3 is 0 Å². The molecule has 0 spiro atoms. The van der Waals surface area contributed by atoms with Crippen molar-refractivity contribution in [3.63, 3.8) is 0 Å². The fourth-order valence-electron chi connectivity index (χ4n) is 1.44. The molecular weight excluding hydrogens is 220 g/mol. The van der Waals surface area contributed by atoms with Crippen molar-refractivity contribution in [3.8, 4) is 0 Å². The Labute approximate surface area is 99.5 Å². The molecule has 0 aliphatic heterocycles. The van der Waals surface area contributed by atoms with Crippen molar-refractivity contribution in [2.24, 2.45) is 0 Å². The Morgan fingerprint density at radius 3 is 3.06 bits per heavy atom. The van der Waals surface area contributed by atoms with Crippen LogP contribution in [0.5, 0.6) is 0 Å². The molecule has 1 atom stereocenters. The third-order valence-corrected chi connectivity index (χ3v) is 3.78. The first kappa shape index (κ1) is 11.4. The van der Waals surface area contributed by atoms with Gasteiger partial charge in [-0.2, -0.15) is 0 Å². The molecule has 0 bridgehead atoms. The Balaban J connectivity index is 1.90. The first-order valence-corrected chi connectivity index (χ1v) is 6.31. The lowest BCUT2D eigenvalue weighted by molar-refractivity contribution is 0.460. The first-order chi connectivity index (χ1) is 7.79. The molecule has 2 rings (SSSR count). The van der Waals surface area contributed by atoms with Gasteiger partial charge in [-0.15, -0.1) is 11.3 Å². The van der Waals surface area contributed by atoms with E-state index >= 15 is 0 Å². The van der Waals surface area contributed by atoms with Crippen molar-refractivity contribution in [1.29, 1.82) is 0 Å². The van der Waals surface area contributed by atoms with Gasteiger partial charge in [0.2, 0.25) is 0 Å². The van der Waals surface area contributed by atoms with Gasteiger partial charge in [-0.05, 0) is 25.5 Å². The summed E-state index contributed by atoms with van der Waals surface area (Å²) in [6.07, 6.45) is 4.72. The van der Waals surface area contributed by atoms with Crippen LogP contribution in [-0.2, 0) is 13.0 Å². The molecule has 86 valence electrons. The van der Waals surface area contributed by atoms with Crippen molar-refractivity contribution < 1.29 is 4.42 Å². The first-order valence-electron chi connectivity index (χ1n) is 5.50. The minimum absolute atomic E-state index is 0.274. The van der Waals surface area contributed by atoms with Gasteiger partial charge in [0, 0.05) is 11.1 Å². The zero-order valence-corrected chi connectivity index (χ0v) is 10.4. The van der Waals surface area contributed by atoms with Crippen LogP contribution in [-0.4, -0.2) is 4.98 Å². The van der Waals surface area contributed by atoms with Gasteiger partial charge < -0.3 is 9.73 Å². The monoisotopic (exact) mass is 236 g/mol. The van der Waals surface area contributed by atoms with Crippen molar-refractivity contribution >= 4 is 11.3 Å². The van der Waals surface area contributed by atoms with Crippen LogP contribution in [0.3, 0.4) is 0 Å². The van der Waals surface area contributed by atoms with E-state index in [1.54, 1.807) is 17.6 Å². The van der Waals surface area contributed by atoms with Crippen LogP contribution in [0.4, 0.5) is 0 Å². The number of aryl methyl sites for hydroxylation is 1. The van der Waals surface area contributed by atoms with Crippen molar-refractivity contribution in [2.45, 2.75) is 32.9 Å². The number of rotatable bonds is 5. The predicted molar refractivity (Wildman–Crippen MR) is 65.5 cm³/mol. The van der Waals surface area contributed by atoms with Crippen LogP contribution < -0.4 is 5.32 Å². The lowest BCUT2D eigenvalue weighted by atomic mass is 10.3. The Morgan fingerprint density at radius 2 is 2.44 bits per heavy atom. The molecule has 2 aromatic heterocycles. The maximum absolute atomic E-state index is 5.27. The average molecular weight is 236 g/mol. The molecule has 2 aromatic rings. The van der Waals surface area contributed by atoms with Gasteiger partial charge in [-0.25, -0.2) is 4.98 Å². The van der Waals surface area contributed by atoms with Crippen LogP contribution in [0.25, 0.3) is 0 Å². The summed E-state index contributed by atoms with van der Waals surface area (Å²) < 4.78 is 5.27. The van der Waals surface area contributed by atoms with Gasteiger partial charge in [-0.1, -0.05) is 6.92 Å². The lowest BCUT2D eigenvalue weighted by Gasteiger charge is -2.09. The molecule has 0 aromatic carbocycles. The smallest absolute Gasteiger partial charge is 0.117 e. The molecule has 0 fully saturated rings. The van der Waals surface area contributed by atoms with E-state index in [9.17, 15) is 0 Å². The topological polar surface area (TPSA) is 38.1 Å². The summed E-state index contributed by atoms with van der Waals surface area (Å²) >= 11 is 1.77. The molecule has 1 unspecified atom stereocenters. The van der Waals surface area contributed by atoms with Gasteiger partial charge in [0.25, 0.3) is 0 Å². The van der Waals surface area contributed by atoms with Gasteiger partial charge in [0.1, 0.15) is 10.8 Å². The Kier molecular flexibility index (Phi) is 3.74. The summed E-state index contributed by atoms with van der Waals surface area (Å²) in [5.41, 5.74) is 0. The summed E-state index contributed by atoms with van der Waals surface area (Å²) in [5, 5.41) is 4.53. The highest BCUT2D eigenvalue weighted by molar-refractivity contribution is 7.11. The van der Waals surface area contributed by atoms with E-state index in [1.165, 1.54) is 4.88 Å². The number of nitrogens with zero attached hydrogens (tertiary/aromatic N) is 1. The zero-order chi connectivity index (χ0) is 11.4. The third kappa shape index (κ3) is 2.71. The molecule has 2 heterocycles. The molecule has 0 aliphatic rings. The van der Waals surface area contributed by atoms with Crippen LogP contribution >= 0.6 is 11.3 Å². The van der Waals surface area contributed by atoms with Crippen molar-refractivity contribution in [1.82, 2.24) is 10.3 Å². The normalized spacial score (nSPS) is 12.9. The van der Waals surface area contributed by atoms with Crippen molar-refractivity contribution in [2.75, 3.05) is 0 Å². The molecule has 3 nitrogen and oxygen atoms in total. The van der Waals surface area contributed by atoms with Crippen LogP contribution in [0.1, 0.15) is 35.5 Å². The van der Waals surface area contributed by atoms with E-state index in [4.69, 9.17) is 4.42 Å². The molecule has 1 N–H and O–H groups in total. The van der Waals surface area contributed by atoms with Crippen LogP contribution in [0.2, 0.25) is 0 Å². The molecule has 0 radical (unpaired) electrons. The predicted octanol–water partition coefficient (Wildman–Crippen LogP) is 3.15. The van der Waals surface area contributed by atoms with Crippen molar-refractivity contribution in [3.05, 3.63) is 40.2 Å². The molecule has 0 aliphatic carbocycles. The number of aromatic nitrogens is 1. The molecule has 16 heavy (non-hydrogen) atoms. The van der Waals surface area contributed by atoms with E-state index in [0.29, 0.717) is 0 Å². The zero-order valence-electron chi connectivity index (χ0n) is 9.56. The van der Waals surface area contributed by atoms with Crippen LogP contribution in [0, 0.1) is 0 Å². The number of thiazole rings is 1. The average Bonchev–Trinajstić information content (AvgIpc) is 2.96. The Morgan fingerprint density at radius 1 is 1.56 bits per heavy atom. The number of nitrogens with one attached hydrogen (secondary N) is 1. The van der Waals surface area contributed by atoms with E-state index in [-0.39, 0.29) is 6.04 Å². The molecular formula is C12H16N2OS. The standard InChI is InChI=1S/C12H16N2OS/c1-3-11-8-14-12(16-11)9(2)13-7-10-5-4-6-15-10/h4-6,8-9,13H,3,7H2,1-2H3. The fourth-order valence-corrected chi connectivity index (χ4v) is 2.32. The van der Waals surface area contributed by atoms with Gasteiger partial charge in [0.15, 0.2) is 0 Å². The third-order valence-electron chi connectivity index (χ3n) is 2.45. The minimum Gasteiger partial charge on any atom is -0.468 e. The highest BCUT2D eigenvalue weighted by Crippen LogP contribution is 2.20. The molecule has 0 amide bonds. The molecule has 0 saturated heterocycles. The van der Waals surface area contributed by atoms with Gasteiger partial charge in [0.05, 0.1) is 18.8 Å².